The Balaban J connectivity index is 1.63. The van der Waals surface area contributed by atoms with Crippen LogP contribution in [-0.4, -0.2) is 49.7 Å². The summed E-state index contributed by atoms with van der Waals surface area (Å²) in [5, 5.41) is 8.84. The molecule has 1 saturated heterocycles. The maximum absolute atomic E-state index is 12.7. The van der Waals surface area contributed by atoms with Crippen LogP contribution < -0.4 is 0 Å². The number of nitriles is 1. The molecule has 27 heavy (non-hydrogen) atoms. The second-order valence-electron chi connectivity index (χ2n) is 6.52. The van der Waals surface area contributed by atoms with Crippen LogP contribution in [0.3, 0.4) is 0 Å². The van der Waals surface area contributed by atoms with Gasteiger partial charge in [-0.3, -0.25) is 4.79 Å². The highest BCUT2D eigenvalue weighted by molar-refractivity contribution is 7.89. The number of sulfonamides is 1. The Bertz CT molecular complexity index is 970. The Morgan fingerprint density at radius 1 is 1.04 bits per heavy atom. The van der Waals surface area contributed by atoms with Crippen LogP contribution >= 0.6 is 0 Å². The topological polar surface area (TPSA) is 81.5 Å². The molecule has 0 aromatic heterocycles. The highest BCUT2D eigenvalue weighted by atomic mass is 32.2. The van der Waals surface area contributed by atoms with Crippen LogP contribution in [0.15, 0.2) is 53.4 Å². The number of carbonyl (C=O) groups excluding carboxylic acids is 1. The molecule has 7 heteroatoms. The molecule has 0 unspecified atom stereocenters. The summed E-state index contributed by atoms with van der Waals surface area (Å²) in [4.78, 5) is 14.4. The van der Waals surface area contributed by atoms with Gasteiger partial charge in [-0.25, -0.2) is 8.42 Å². The third kappa shape index (κ3) is 4.18. The predicted octanol–water partition coefficient (Wildman–Crippen LogP) is 1.94. The Morgan fingerprint density at radius 2 is 1.67 bits per heavy atom. The number of nitrogens with zero attached hydrogens (tertiary/aromatic N) is 3. The minimum Gasteiger partial charge on any atom is -0.340 e. The van der Waals surface area contributed by atoms with Gasteiger partial charge >= 0.3 is 0 Å². The molecule has 1 amide bonds. The fraction of sp³-hybridized carbons (Fsp3) is 0.300. The molecule has 1 heterocycles. The largest absolute Gasteiger partial charge is 0.340 e. The zero-order chi connectivity index (χ0) is 19.4. The molecular weight excluding hydrogens is 362 g/mol. The molecule has 0 saturated carbocycles. The van der Waals surface area contributed by atoms with Gasteiger partial charge in [0.25, 0.3) is 0 Å². The Hall–Kier alpha value is -2.69. The summed E-state index contributed by atoms with van der Waals surface area (Å²) in [7, 11) is -3.62. The van der Waals surface area contributed by atoms with Gasteiger partial charge < -0.3 is 4.90 Å². The monoisotopic (exact) mass is 383 g/mol. The first-order valence-electron chi connectivity index (χ1n) is 8.74. The second kappa shape index (κ2) is 7.91. The van der Waals surface area contributed by atoms with Crippen molar-refractivity contribution in [3.63, 3.8) is 0 Å². The van der Waals surface area contributed by atoms with Crippen molar-refractivity contribution in [1.29, 1.82) is 5.26 Å². The third-order valence-corrected chi connectivity index (χ3v) is 6.73. The maximum atomic E-state index is 12.7. The van der Waals surface area contributed by atoms with Crippen molar-refractivity contribution in [3.05, 3.63) is 65.2 Å². The van der Waals surface area contributed by atoms with Crippen molar-refractivity contribution >= 4 is 15.9 Å². The Morgan fingerprint density at radius 3 is 2.26 bits per heavy atom. The lowest BCUT2D eigenvalue weighted by Crippen LogP contribution is -2.50. The van der Waals surface area contributed by atoms with E-state index in [-0.39, 0.29) is 23.9 Å². The van der Waals surface area contributed by atoms with Crippen molar-refractivity contribution in [2.45, 2.75) is 18.2 Å². The zero-order valence-corrected chi connectivity index (χ0v) is 15.9. The van der Waals surface area contributed by atoms with E-state index in [1.165, 1.54) is 28.6 Å². The molecule has 2 aromatic rings. The van der Waals surface area contributed by atoms with E-state index in [0.717, 1.165) is 11.1 Å². The predicted molar refractivity (Wildman–Crippen MR) is 101 cm³/mol. The molecule has 1 aliphatic heterocycles. The molecule has 0 spiro atoms. The summed E-state index contributed by atoms with van der Waals surface area (Å²) in [6, 6.07) is 15.6. The van der Waals surface area contributed by atoms with Crippen LogP contribution in [0.1, 0.15) is 16.7 Å². The summed E-state index contributed by atoms with van der Waals surface area (Å²) in [5.41, 5.74) is 2.49. The second-order valence-corrected chi connectivity index (χ2v) is 8.46. The van der Waals surface area contributed by atoms with E-state index < -0.39 is 10.0 Å². The molecule has 6 nitrogen and oxygen atoms in total. The Labute approximate surface area is 159 Å². The molecule has 0 aliphatic carbocycles. The van der Waals surface area contributed by atoms with Gasteiger partial charge in [-0.05, 0) is 42.3 Å². The van der Waals surface area contributed by atoms with Crippen molar-refractivity contribution in [2.24, 2.45) is 0 Å². The number of rotatable bonds is 4. The highest BCUT2D eigenvalue weighted by Gasteiger charge is 2.30. The highest BCUT2D eigenvalue weighted by Crippen LogP contribution is 2.19. The fourth-order valence-electron chi connectivity index (χ4n) is 3.11. The van der Waals surface area contributed by atoms with Crippen LogP contribution in [0.2, 0.25) is 0 Å². The van der Waals surface area contributed by atoms with Gasteiger partial charge in [0, 0.05) is 26.2 Å². The summed E-state index contributed by atoms with van der Waals surface area (Å²) in [5.74, 6) is 0.0136. The number of hydrogen-bond donors (Lipinski definition) is 0. The molecule has 1 fully saturated rings. The normalized spacial score (nSPS) is 15.3. The van der Waals surface area contributed by atoms with E-state index >= 15 is 0 Å². The smallest absolute Gasteiger partial charge is 0.243 e. The lowest BCUT2D eigenvalue weighted by Gasteiger charge is -2.34. The third-order valence-electron chi connectivity index (χ3n) is 4.82. The number of benzene rings is 2. The number of amides is 1. The standard InChI is InChI=1S/C20H21N3O3S/c1-16-4-2-3-5-18(16)14-20(24)22-10-12-23(13-11-22)27(25,26)19-8-6-17(15-21)7-9-19/h2-9H,10-14H2,1H3. The Kier molecular flexibility index (Phi) is 5.59. The van der Waals surface area contributed by atoms with Crippen molar-refractivity contribution in [1.82, 2.24) is 9.21 Å². The van der Waals surface area contributed by atoms with E-state index in [9.17, 15) is 13.2 Å². The zero-order valence-electron chi connectivity index (χ0n) is 15.1. The molecule has 0 atom stereocenters. The van der Waals surface area contributed by atoms with Gasteiger partial charge in [-0.1, -0.05) is 24.3 Å². The quantitative estimate of drug-likeness (QED) is 0.808. The first kappa shape index (κ1) is 19.1. The van der Waals surface area contributed by atoms with E-state index in [4.69, 9.17) is 5.26 Å². The number of hydrogen-bond acceptors (Lipinski definition) is 4. The van der Waals surface area contributed by atoms with Gasteiger partial charge in [-0.15, -0.1) is 0 Å². The summed E-state index contributed by atoms with van der Waals surface area (Å²) in [6.45, 7) is 3.26. The van der Waals surface area contributed by atoms with Crippen LogP contribution in [0.25, 0.3) is 0 Å². The molecule has 140 valence electrons. The van der Waals surface area contributed by atoms with Crippen LogP contribution in [0, 0.1) is 18.3 Å². The molecule has 2 aromatic carbocycles. The van der Waals surface area contributed by atoms with E-state index in [0.29, 0.717) is 25.1 Å². The molecule has 0 bridgehead atoms. The van der Waals surface area contributed by atoms with Crippen molar-refractivity contribution < 1.29 is 13.2 Å². The van der Waals surface area contributed by atoms with Gasteiger partial charge in [0.05, 0.1) is 22.9 Å². The number of piperazine rings is 1. The van der Waals surface area contributed by atoms with Crippen LogP contribution in [0.4, 0.5) is 0 Å². The molecule has 1 aliphatic rings. The first-order valence-corrected chi connectivity index (χ1v) is 10.2. The van der Waals surface area contributed by atoms with Crippen molar-refractivity contribution in [2.75, 3.05) is 26.2 Å². The SMILES string of the molecule is Cc1ccccc1CC(=O)N1CCN(S(=O)(=O)c2ccc(C#N)cc2)CC1. The van der Waals surface area contributed by atoms with Gasteiger partial charge in [0.15, 0.2) is 0 Å². The number of carbonyl (C=O) groups is 1. The van der Waals surface area contributed by atoms with Crippen LogP contribution in [-0.2, 0) is 21.2 Å². The van der Waals surface area contributed by atoms with Gasteiger partial charge in [-0.2, -0.15) is 9.57 Å². The lowest BCUT2D eigenvalue weighted by molar-refractivity contribution is -0.131. The average Bonchev–Trinajstić information content (AvgIpc) is 2.70. The first-order chi connectivity index (χ1) is 12.9. The number of aryl methyl sites for hydroxylation is 1. The maximum Gasteiger partial charge on any atom is 0.243 e. The minimum absolute atomic E-state index is 0.0136. The summed E-state index contributed by atoms with van der Waals surface area (Å²) < 4.78 is 26.9. The van der Waals surface area contributed by atoms with E-state index in [1.807, 2.05) is 37.3 Å². The van der Waals surface area contributed by atoms with Crippen LogP contribution in [0.5, 0.6) is 0 Å². The molecular formula is C20H21N3O3S. The summed E-state index contributed by atoms with van der Waals surface area (Å²) in [6.07, 6.45) is 0.328. The molecule has 0 N–H and O–H groups in total. The van der Waals surface area contributed by atoms with E-state index in [1.54, 1.807) is 4.90 Å². The van der Waals surface area contributed by atoms with Crippen molar-refractivity contribution in [3.8, 4) is 6.07 Å². The van der Waals surface area contributed by atoms with E-state index in [2.05, 4.69) is 0 Å². The summed E-state index contributed by atoms with van der Waals surface area (Å²) >= 11 is 0. The van der Waals surface area contributed by atoms with Gasteiger partial charge in [0.1, 0.15) is 0 Å². The molecule has 3 rings (SSSR count). The fourth-order valence-corrected chi connectivity index (χ4v) is 4.53. The van der Waals surface area contributed by atoms with Gasteiger partial charge in [0.2, 0.25) is 15.9 Å². The minimum atomic E-state index is -3.62. The lowest BCUT2D eigenvalue weighted by atomic mass is 10.1. The molecule has 0 radical (unpaired) electrons. The average molecular weight is 383 g/mol.